The summed E-state index contributed by atoms with van der Waals surface area (Å²) in [6.07, 6.45) is 9.98. The number of rotatable bonds is 7. The number of fused-ring (bicyclic) bond motifs is 1. The highest BCUT2D eigenvalue weighted by molar-refractivity contribution is 7.59. The van der Waals surface area contributed by atoms with Crippen LogP contribution in [0.1, 0.15) is 54.2 Å². The first kappa shape index (κ1) is 28.6. The van der Waals surface area contributed by atoms with E-state index in [2.05, 4.69) is 42.5 Å². The molecule has 6 rings (SSSR count). The maximum absolute atomic E-state index is 14.5. The Kier molecular flexibility index (Phi) is 8.50. The van der Waals surface area contributed by atoms with Gasteiger partial charge in [0.25, 0.3) is 0 Å². The van der Waals surface area contributed by atoms with E-state index >= 15 is 0 Å². The molecule has 1 aliphatic carbocycles. The lowest BCUT2D eigenvalue weighted by Gasteiger charge is -2.40. The predicted molar refractivity (Wildman–Crippen MR) is 164 cm³/mol. The highest BCUT2D eigenvalue weighted by Crippen LogP contribution is 2.38. The normalized spacial score (nSPS) is 17.3. The summed E-state index contributed by atoms with van der Waals surface area (Å²) in [7, 11) is 0. The van der Waals surface area contributed by atoms with E-state index in [4.69, 9.17) is 11.6 Å². The van der Waals surface area contributed by atoms with Crippen molar-refractivity contribution in [3.63, 3.8) is 0 Å². The van der Waals surface area contributed by atoms with Gasteiger partial charge in [-0.05, 0) is 81.5 Å². The third-order valence-electron chi connectivity index (χ3n) is 7.98. The molecule has 1 aromatic carbocycles. The summed E-state index contributed by atoms with van der Waals surface area (Å²) in [6, 6.07) is 11.8. The number of hydrogen-bond donors (Lipinski definition) is 0. The van der Waals surface area contributed by atoms with Crippen molar-refractivity contribution in [3.8, 4) is 0 Å². The van der Waals surface area contributed by atoms with Crippen LogP contribution in [0.4, 0.5) is 10.1 Å². The van der Waals surface area contributed by atoms with E-state index in [9.17, 15) is 9.18 Å². The second-order valence-electron chi connectivity index (χ2n) is 11.0. The van der Waals surface area contributed by atoms with Crippen LogP contribution in [0, 0.1) is 19.7 Å². The average Bonchev–Trinajstić information content (AvgIpc) is 3.77. The highest BCUT2D eigenvalue weighted by Gasteiger charge is 2.29. The van der Waals surface area contributed by atoms with Crippen molar-refractivity contribution in [2.24, 2.45) is 0 Å². The first-order valence-corrected chi connectivity index (χ1v) is 14.1. The van der Waals surface area contributed by atoms with E-state index in [1.165, 1.54) is 6.07 Å². The van der Waals surface area contributed by atoms with E-state index in [0.717, 1.165) is 61.4 Å². The smallest absolute Gasteiger partial charge is 0.193 e. The van der Waals surface area contributed by atoms with E-state index in [-0.39, 0.29) is 30.0 Å². The van der Waals surface area contributed by atoms with Gasteiger partial charge in [-0.15, -0.1) is 0 Å². The molecule has 4 heterocycles. The Morgan fingerprint density at radius 3 is 2.60 bits per heavy atom. The quantitative estimate of drug-likeness (QED) is 0.256. The summed E-state index contributed by atoms with van der Waals surface area (Å²) in [4.78, 5) is 27.4. The van der Waals surface area contributed by atoms with Gasteiger partial charge in [0.1, 0.15) is 5.82 Å². The lowest BCUT2D eigenvalue weighted by atomic mass is 10.0. The number of aryl methyl sites for hydroxylation is 2. The zero-order valence-electron chi connectivity index (χ0n) is 22.9. The van der Waals surface area contributed by atoms with E-state index < -0.39 is 5.82 Å². The molecule has 1 atom stereocenters. The Hall–Kier alpha value is -2.94. The Morgan fingerprint density at radius 1 is 1.05 bits per heavy atom. The maximum atomic E-state index is 14.5. The van der Waals surface area contributed by atoms with Crippen LogP contribution < -0.4 is 10.3 Å². The number of benzene rings is 1. The molecule has 0 spiro atoms. The fraction of sp³-hybridized carbons (Fsp3) is 0.387. The van der Waals surface area contributed by atoms with Crippen LogP contribution in [0.2, 0.25) is 5.02 Å². The molecule has 210 valence electrons. The van der Waals surface area contributed by atoms with Crippen LogP contribution in [0.5, 0.6) is 0 Å². The lowest BCUT2D eigenvalue weighted by molar-refractivity contribution is 0.158. The van der Waals surface area contributed by atoms with Gasteiger partial charge in [-0.3, -0.25) is 19.7 Å². The monoisotopic (exact) mass is 579 g/mol. The van der Waals surface area contributed by atoms with Gasteiger partial charge in [0.05, 0.1) is 22.4 Å². The zero-order valence-corrected chi connectivity index (χ0v) is 24.7. The largest absolute Gasteiger partial charge is 0.369 e. The minimum Gasteiger partial charge on any atom is -0.369 e. The van der Waals surface area contributed by atoms with Crippen molar-refractivity contribution in [1.82, 2.24) is 19.4 Å². The van der Waals surface area contributed by atoms with Crippen LogP contribution in [-0.4, -0.2) is 38.6 Å². The maximum Gasteiger partial charge on any atom is 0.193 e. The number of piperidine rings is 1. The van der Waals surface area contributed by atoms with E-state index in [1.54, 1.807) is 6.07 Å². The SMILES string of the molecule is Cc1ccc(N2CCC[C@H](N(Cc3ccnc(C)c3)Cc3cn(C4CC4)c4cc(Cl)c(F)cc4c3=O)C2)cn1.S. The Balaban J connectivity index is 0.00000323. The number of pyridine rings is 3. The molecular formula is C31H35ClFN5OS. The first-order chi connectivity index (χ1) is 18.9. The lowest BCUT2D eigenvalue weighted by Crippen LogP contribution is -2.48. The molecule has 4 aromatic rings. The molecule has 1 saturated carbocycles. The Labute approximate surface area is 246 Å². The Morgan fingerprint density at radius 2 is 1.88 bits per heavy atom. The molecule has 0 N–H and O–H groups in total. The minimum atomic E-state index is -0.556. The fourth-order valence-corrected chi connectivity index (χ4v) is 5.93. The third kappa shape index (κ3) is 6.04. The van der Waals surface area contributed by atoms with Crippen molar-refractivity contribution in [1.29, 1.82) is 0 Å². The number of nitrogens with zero attached hydrogens (tertiary/aromatic N) is 5. The van der Waals surface area contributed by atoms with Gasteiger partial charge in [-0.25, -0.2) is 4.39 Å². The standard InChI is InChI=1S/C31H33ClFN5O.H2S/c1-20-5-6-25(15-35-20)36-11-3-4-26(19-36)37(16-22-9-10-34-21(2)12-22)17-23-18-38(24-7-8-24)30-14-28(32)29(33)13-27(30)31(23)39;/h5-6,9-10,12-15,18,24,26H,3-4,7-8,11,16-17,19H2,1-2H3;1H2/t26-;/m0./s1. The van der Waals surface area contributed by atoms with Crippen LogP contribution in [-0.2, 0) is 13.1 Å². The van der Waals surface area contributed by atoms with Crippen molar-refractivity contribution < 1.29 is 4.39 Å². The molecule has 40 heavy (non-hydrogen) atoms. The van der Waals surface area contributed by atoms with Crippen LogP contribution in [0.25, 0.3) is 10.9 Å². The van der Waals surface area contributed by atoms with Gasteiger partial charge in [-0.1, -0.05) is 11.6 Å². The van der Waals surface area contributed by atoms with Gasteiger partial charge < -0.3 is 9.47 Å². The zero-order chi connectivity index (χ0) is 27.1. The predicted octanol–water partition coefficient (Wildman–Crippen LogP) is 6.32. The van der Waals surface area contributed by atoms with Crippen molar-refractivity contribution in [3.05, 3.63) is 98.6 Å². The highest BCUT2D eigenvalue weighted by atomic mass is 35.5. The molecule has 1 saturated heterocycles. The van der Waals surface area contributed by atoms with Crippen LogP contribution in [0.15, 0.2) is 59.8 Å². The van der Waals surface area contributed by atoms with Gasteiger partial charge in [0, 0.05) is 73.0 Å². The van der Waals surface area contributed by atoms with Crippen molar-refractivity contribution >= 4 is 41.7 Å². The second-order valence-corrected chi connectivity index (χ2v) is 11.4. The number of hydrogen-bond acceptors (Lipinski definition) is 5. The molecule has 2 aliphatic rings. The van der Waals surface area contributed by atoms with Crippen molar-refractivity contribution in [2.75, 3.05) is 18.0 Å². The summed E-state index contributed by atoms with van der Waals surface area (Å²) >= 11 is 6.13. The van der Waals surface area contributed by atoms with Gasteiger partial charge in [-0.2, -0.15) is 13.5 Å². The fourth-order valence-electron chi connectivity index (χ4n) is 5.77. The summed E-state index contributed by atoms with van der Waals surface area (Å²) in [5.74, 6) is -0.556. The molecular weight excluding hydrogens is 545 g/mol. The molecule has 0 bridgehead atoms. The topological polar surface area (TPSA) is 54.3 Å². The van der Waals surface area contributed by atoms with Crippen molar-refractivity contribution in [2.45, 2.75) is 64.7 Å². The third-order valence-corrected chi connectivity index (χ3v) is 8.27. The molecule has 6 nitrogen and oxygen atoms in total. The number of halogens is 2. The van der Waals surface area contributed by atoms with E-state index in [0.29, 0.717) is 35.6 Å². The average molecular weight is 580 g/mol. The first-order valence-electron chi connectivity index (χ1n) is 13.7. The summed E-state index contributed by atoms with van der Waals surface area (Å²) in [6.45, 7) is 7.01. The molecule has 0 radical (unpaired) electrons. The minimum absolute atomic E-state index is 0. The molecule has 9 heteroatoms. The molecule has 0 amide bonds. The van der Waals surface area contributed by atoms with Crippen LogP contribution >= 0.6 is 25.1 Å². The molecule has 3 aromatic heterocycles. The summed E-state index contributed by atoms with van der Waals surface area (Å²) in [5, 5.41) is 0.448. The number of anilines is 1. The van der Waals surface area contributed by atoms with E-state index in [1.807, 2.05) is 38.5 Å². The van der Waals surface area contributed by atoms with Gasteiger partial charge in [0.15, 0.2) is 5.43 Å². The molecule has 2 fully saturated rings. The second kappa shape index (κ2) is 11.9. The van der Waals surface area contributed by atoms with Gasteiger partial charge >= 0.3 is 0 Å². The van der Waals surface area contributed by atoms with Crippen LogP contribution in [0.3, 0.4) is 0 Å². The summed E-state index contributed by atoms with van der Waals surface area (Å²) in [5.41, 5.74) is 5.54. The summed E-state index contributed by atoms with van der Waals surface area (Å²) < 4.78 is 16.6. The molecule has 0 unspecified atom stereocenters. The molecule has 1 aliphatic heterocycles. The number of aromatic nitrogens is 3. The Bertz CT molecular complexity index is 1570. The van der Waals surface area contributed by atoms with Gasteiger partial charge in [0.2, 0.25) is 0 Å².